The average Bonchev–Trinajstić information content (AvgIpc) is 3.01. The third-order valence-corrected chi connectivity index (χ3v) is 4.63. The molecule has 3 heterocycles. The molecule has 0 amide bonds. The number of imidazole rings is 1. The quantitative estimate of drug-likeness (QED) is 0.538. The number of halogens is 1. The third kappa shape index (κ3) is 2.41. The molecule has 0 fully saturated rings. The maximum Gasteiger partial charge on any atom is 0.160 e. The first kappa shape index (κ1) is 14.6. The Kier molecular flexibility index (Phi) is 3.37. The molecule has 118 valence electrons. The molecule has 0 aliphatic carbocycles. The molecule has 5 nitrogen and oxygen atoms in total. The van der Waals surface area contributed by atoms with Gasteiger partial charge in [-0.15, -0.1) is 0 Å². The number of aryl methyl sites for hydroxylation is 1. The van der Waals surface area contributed by atoms with Crippen molar-refractivity contribution in [2.75, 3.05) is 0 Å². The Morgan fingerprint density at radius 1 is 1.30 bits per heavy atom. The van der Waals surface area contributed by atoms with Crippen LogP contribution in [-0.4, -0.2) is 24.3 Å². The van der Waals surface area contributed by atoms with Gasteiger partial charge in [-0.1, -0.05) is 29.8 Å². The highest BCUT2D eigenvalue weighted by Crippen LogP contribution is 2.33. The van der Waals surface area contributed by atoms with Crippen molar-refractivity contribution in [2.45, 2.75) is 33.7 Å². The van der Waals surface area contributed by atoms with Crippen LogP contribution in [0.2, 0.25) is 0 Å². The number of fused-ring (bicyclic) bond motifs is 5. The van der Waals surface area contributed by atoms with Crippen LogP contribution >= 0.6 is 15.9 Å². The second kappa shape index (κ2) is 5.30. The highest BCUT2D eigenvalue weighted by atomic mass is 79.9. The van der Waals surface area contributed by atoms with Crippen LogP contribution in [-0.2, 0) is 13.0 Å². The van der Waals surface area contributed by atoms with Gasteiger partial charge in [-0.3, -0.25) is 0 Å². The first-order valence-corrected chi connectivity index (χ1v) is 8.59. The summed E-state index contributed by atoms with van der Waals surface area (Å²) in [5.74, 6) is 2.38. The summed E-state index contributed by atoms with van der Waals surface area (Å²) in [5, 5.41) is 4.75. The highest BCUT2D eigenvalue weighted by Gasteiger charge is 2.24. The highest BCUT2D eigenvalue weighted by molar-refractivity contribution is 9.10. The van der Waals surface area contributed by atoms with Gasteiger partial charge in [-0.2, -0.15) is 5.10 Å². The summed E-state index contributed by atoms with van der Waals surface area (Å²) in [6.45, 7) is 7.12. The first-order valence-electron chi connectivity index (χ1n) is 7.79. The maximum atomic E-state index is 4.82. The van der Waals surface area contributed by atoms with E-state index in [9.17, 15) is 0 Å². The minimum atomic E-state index is 0.538. The number of nitrogens with zero attached hydrogens (tertiary/aromatic N) is 5. The predicted octanol–water partition coefficient (Wildman–Crippen LogP) is 3.76. The first-order chi connectivity index (χ1) is 11.0. The summed E-state index contributed by atoms with van der Waals surface area (Å²) in [6.07, 6.45) is 2.78. The van der Waals surface area contributed by atoms with Crippen molar-refractivity contribution in [2.24, 2.45) is 5.92 Å². The molecule has 3 aromatic rings. The molecular formula is C17H18BrN5. The van der Waals surface area contributed by atoms with Crippen LogP contribution in [0.1, 0.15) is 31.1 Å². The lowest BCUT2D eigenvalue weighted by molar-refractivity contribution is 0.600. The smallest absolute Gasteiger partial charge is 0.160 e. The maximum absolute atomic E-state index is 4.82. The van der Waals surface area contributed by atoms with E-state index < -0.39 is 0 Å². The van der Waals surface area contributed by atoms with Crippen molar-refractivity contribution in [3.8, 4) is 17.1 Å². The Hall–Kier alpha value is -1.95. The fourth-order valence-corrected chi connectivity index (χ4v) is 3.41. The molecule has 0 unspecified atom stereocenters. The van der Waals surface area contributed by atoms with Gasteiger partial charge in [0.1, 0.15) is 0 Å². The van der Waals surface area contributed by atoms with Crippen LogP contribution in [0.25, 0.3) is 17.1 Å². The minimum absolute atomic E-state index is 0.538. The Labute approximate surface area is 143 Å². The summed E-state index contributed by atoms with van der Waals surface area (Å²) in [6, 6.07) is 6.27. The monoisotopic (exact) mass is 371 g/mol. The minimum Gasteiger partial charge on any atom is -0.300 e. The standard InChI is InChI=1S/C17H18BrN5/c1-10(2)6-16-20-17-13-7-12(18)4-5-14(13)22-9-19-11(3)15(22)8-23(17)21-16/h4-5,7,9-10H,6,8H2,1-3H3. The average molecular weight is 372 g/mol. The Morgan fingerprint density at radius 2 is 2.13 bits per heavy atom. The molecule has 1 aliphatic rings. The fraction of sp³-hybridized carbons (Fsp3) is 0.353. The molecule has 0 radical (unpaired) electrons. The normalized spacial score (nSPS) is 12.7. The van der Waals surface area contributed by atoms with Crippen molar-refractivity contribution in [3.63, 3.8) is 0 Å². The predicted molar refractivity (Wildman–Crippen MR) is 92.7 cm³/mol. The molecule has 4 rings (SSSR count). The lowest BCUT2D eigenvalue weighted by Gasteiger charge is -2.08. The van der Waals surface area contributed by atoms with E-state index in [0.29, 0.717) is 12.5 Å². The SMILES string of the molecule is Cc1ncn2c1Cn1nc(CC(C)C)nc1-c1cc(Br)ccc1-2. The van der Waals surface area contributed by atoms with E-state index in [2.05, 4.69) is 57.5 Å². The summed E-state index contributed by atoms with van der Waals surface area (Å²) in [5.41, 5.74) is 4.38. The molecule has 2 aromatic heterocycles. The van der Waals surface area contributed by atoms with Gasteiger partial charge in [0.2, 0.25) is 0 Å². The van der Waals surface area contributed by atoms with E-state index in [4.69, 9.17) is 10.1 Å². The van der Waals surface area contributed by atoms with E-state index in [1.54, 1.807) is 0 Å². The van der Waals surface area contributed by atoms with Crippen molar-refractivity contribution in [1.29, 1.82) is 0 Å². The molecule has 23 heavy (non-hydrogen) atoms. The molecule has 0 saturated carbocycles. The van der Waals surface area contributed by atoms with Gasteiger partial charge in [0.05, 0.1) is 29.9 Å². The second-order valence-electron chi connectivity index (χ2n) is 6.42. The number of rotatable bonds is 2. The van der Waals surface area contributed by atoms with Crippen molar-refractivity contribution in [1.82, 2.24) is 24.3 Å². The van der Waals surface area contributed by atoms with Crippen LogP contribution in [0, 0.1) is 12.8 Å². The van der Waals surface area contributed by atoms with Gasteiger partial charge >= 0.3 is 0 Å². The molecule has 0 saturated heterocycles. The van der Waals surface area contributed by atoms with E-state index in [1.807, 2.05) is 17.9 Å². The lowest BCUT2D eigenvalue weighted by Crippen LogP contribution is -2.06. The van der Waals surface area contributed by atoms with E-state index >= 15 is 0 Å². The molecule has 0 bridgehead atoms. The molecule has 1 aliphatic heterocycles. The van der Waals surface area contributed by atoms with Gasteiger partial charge in [-0.05, 0) is 31.0 Å². The summed E-state index contributed by atoms with van der Waals surface area (Å²) in [7, 11) is 0. The van der Waals surface area contributed by atoms with Gasteiger partial charge in [0.25, 0.3) is 0 Å². The largest absolute Gasteiger partial charge is 0.300 e. The number of hydrogen-bond donors (Lipinski definition) is 0. The number of benzene rings is 1. The molecular weight excluding hydrogens is 354 g/mol. The van der Waals surface area contributed by atoms with Crippen LogP contribution in [0.15, 0.2) is 29.0 Å². The van der Waals surface area contributed by atoms with E-state index in [1.165, 1.54) is 0 Å². The summed E-state index contributed by atoms with van der Waals surface area (Å²) < 4.78 is 5.20. The Morgan fingerprint density at radius 3 is 2.91 bits per heavy atom. The number of hydrogen-bond acceptors (Lipinski definition) is 3. The zero-order valence-electron chi connectivity index (χ0n) is 13.4. The van der Waals surface area contributed by atoms with Crippen LogP contribution < -0.4 is 0 Å². The van der Waals surface area contributed by atoms with Crippen LogP contribution in [0.5, 0.6) is 0 Å². The summed E-state index contributed by atoms with van der Waals surface area (Å²) >= 11 is 3.58. The zero-order chi connectivity index (χ0) is 16.1. The molecule has 6 heteroatoms. The molecule has 1 aromatic carbocycles. The van der Waals surface area contributed by atoms with Gasteiger partial charge < -0.3 is 4.57 Å². The van der Waals surface area contributed by atoms with Gasteiger partial charge in [0.15, 0.2) is 11.6 Å². The fourth-order valence-electron chi connectivity index (χ4n) is 3.05. The molecule has 0 spiro atoms. The Bertz CT molecular complexity index is 891. The van der Waals surface area contributed by atoms with Crippen molar-refractivity contribution < 1.29 is 0 Å². The van der Waals surface area contributed by atoms with Crippen LogP contribution in [0.4, 0.5) is 0 Å². The van der Waals surface area contributed by atoms with Gasteiger partial charge in [0, 0.05) is 16.5 Å². The second-order valence-corrected chi connectivity index (χ2v) is 7.33. The van der Waals surface area contributed by atoms with E-state index in [-0.39, 0.29) is 0 Å². The van der Waals surface area contributed by atoms with Crippen LogP contribution in [0.3, 0.4) is 0 Å². The summed E-state index contributed by atoms with van der Waals surface area (Å²) in [4.78, 5) is 9.30. The number of aromatic nitrogens is 5. The van der Waals surface area contributed by atoms with Crippen molar-refractivity contribution >= 4 is 15.9 Å². The zero-order valence-corrected chi connectivity index (χ0v) is 15.0. The van der Waals surface area contributed by atoms with Crippen molar-refractivity contribution in [3.05, 3.63) is 46.2 Å². The Balaban J connectivity index is 1.97. The lowest BCUT2D eigenvalue weighted by atomic mass is 10.1. The topological polar surface area (TPSA) is 48.5 Å². The van der Waals surface area contributed by atoms with E-state index in [0.717, 1.165) is 45.2 Å². The molecule has 0 N–H and O–H groups in total. The third-order valence-electron chi connectivity index (χ3n) is 4.14. The molecule has 0 atom stereocenters. The van der Waals surface area contributed by atoms with Gasteiger partial charge in [-0.25, -0.2) is 14.6 Å².